The normalized spacial score (nSPS) is 17.9. The van der Waals surface area contributed by atoms with Gasteiger partial charge in [0.2, 0.25) is 5.69 Å². The Bertz CT molecular complexity index is 3280. The van der Waals surface area contributed by atoms with Crippen LogP contribution in [0.3, 0.4) is 0 Å². The summed E-state index contributed by atoms with van der Waals surface area (Å²) in [4.78, 5) is 9.72. The molecule has 2 heterocycles. The average molecular weight is 1060 g/mol. The molecule has 0 amide bonds. The number of carboxylic acid groups (broad SMARTS) is 1. The average Bonchev–Trinajstić information content (AvgIpc) is 3.65. The van der Waals surface area contributed by atoms with E-state index < -0.39 is 76.9 Å². The third-order valence-corrected chi connectivity index (χ3v) is 16.2. The summed E-state index contributed by atoms with van der Waals surface area (Å²) in [6, 6.07) is 9.20. The van der Waals surface area contributed by atoms with Crippen LogP contribution in [-0.4, -0.2) is 140 Å². The number of hydrogen-bond acceptors (Lipinski definition) is 18. The van der Waals surface area contributed by atoms with Crippen LogP contribution in [-0.2, 0) is 75.0 Å². The second-order valence-corrected chi connectivity index (χ2v) is 23.2. The molecule has 4 aromatic rings. The van der Waals surface area contributed by atoms with Gasteiger partial charge in [-0.25, -0.2) is 33.7 Å². The summed E-state index contributed by atoms with van der Waals surface area (Å²) in [5, 5.41) is 9.21. The highest BCUT2D eigenvalue weighted by Crippen LogP contribution is 2.54. The Hall–Kier alpha value is -4.70. The largest absolute Gasteiger partial charge is 0.744 e. The van der Waals surface area contributed by atoms with Crippen LogP contribution in [0.25, 0.3) is 21.5 Å². The Kier molecular flexibility index (Phi) is 17.1. The van der Waals surface area contributed by atoms with Crippen LogP contribution in [0, 0.1) is 0 Å². The Morgan fingerprint density at radius 2 is 1.20 bits per heavy atom. The predicted molar refractivity (Wildman–Crippen MR) is 255 cm³/mol. The molecule has 1 atom stereocenters. The summed E-state index contributed by atoms with van der Waals surface area (Å²) in [6.07, 6.45) is 6.69. The number of ether oxygens (including phenoxy) is 4. The molecule has 0 saturated heterocycles. The molecule has 0 saturated carbocycles. The summed E-state index contributed by atoms with van der Waals surface area (Å²) in [7, 11) is -19.6. The van der Waals surface area contributed by atoms with Crippen LogP contribution in [0.5, 0.6) is 0 Å². The molecule has 2 aliphatic heterocycles. The Labute approximate surface area is 413 Å². The van der Waals surface area contributed by atoms with Gasteiger partial charge in [0.25, 0.3) is 0 Å². The molecule has 20 nitrogen and oxygen atoms in total. The number of carboxylic acids is 1. The SMILES string of the molecule is CC[N+]1=C(/C=C/C=C2/N(CCCCCC(=O)O)c3ccc4c(S(=O)(=O)[O-])cc(S(=O)(=O)[O-])cc4c3C2(C)CCOCCOCCOCCOC)C(C)(C)c2c1ccc1c(S(=O)(=O)[O-])cc(S(=O)(=O)[O-])cc21. The van der Waals surface area contributed by atoms with Gasteiger partial charge in [-0.1, -0.05) is 18.6 Å². The third-order valence-electron chi connectivity index (χ3n) is 12.8. The van der Waals surface area contributed by atoms with E-state index >= 15 is 0 Å². The van der Waals surface area contributed by atoms with Crippen LogP contribution in [0.15, 0.2) is 92.0 Å². The van der Waals surface area contributed by atoms with Crippen molar-refractivity contribution in [1.29, 1.82) is 0 Å². The van der Waals surface area contributed by atoms with E-state index in [4.69, 9.17) is 18.9 Å². The molecule has 4 aromatic carbocycles. The molecule has 0 aromatic heterocycles. The van der Waals surface area contributed by atoms with Crippen molar-refractivity contribution in [2.75, 3.05) is 71.3 Å². The van der Waals surface area contributed by atoms with E-state index in [9.17, 15) is 61.8 Å². The van der Waals surface area contributed by atoms with Crippen molar-refractivity contribution in [3.63, 3.8) is 0 Å². The zero-order valence-electron chi connectivity index (χ0n) is 39.7. The van der Waals surface area contributed by atoms with E-state index in [1.165, 1.54) is 12.1 Å². The maximum atomic E-state index is 12.7. The number of rotatable bonds is 25. The van der Waals surface area contributed by atoms with Gasteiger partial charge in [0.05, 0.1) is 64.6 Å². The van der Waals surface area contributed by atoms with Crippen molar-refractivity contribution in [3.8, 4) is 0 Å². The summed E-state index contributed by atoms with van der Waals surface area (Å²) >= 11 is 0. The summed E-state index contributed by atoms with van der Waals surface area (Å²) < 4.78 is 174. The molecule has 0 spiro atoms. The fourth-order valence-electron chi connectivity index (χ4n) is 9.59. The maximum absolute atomic E-state index is 12.7. The molecule has 6 rings (SSSR count). The first-order chi connectivity index (χ1) is 33.2. The van der Waals surface area contributed by atoms with Gasteiger partial charge in [0.15, 0.2) is 5.71 Å². The van der Waals surface area contributed by atoms with E-state index in [1.54, 1.807) is 51.3 Å². The molecule has 2 aliphatic rings. The second-order valence-electron chi connectivity index (χ2n) is 17.7. The highest BCUT2D eigenvalue weighted by molar-refractivity contribution is 7.87. The molecule has 71 heavy (non-hydrogen) atoms. The minimum Gasteiger partial charge on any atom is -0.744 e. The number of allylic oxidation sites excluding steroid dienone is 4. The maximum Gasteiger partial charge on any atom is 0.303 e. The summed E-state index contributed by atoms with van der Waals surface area (Å²) in [5.41, 5.74) is 0.858. The lowest BCUT2D eigenvalue weighted by Gasteiger charge is -2.31. The fourth-order valence-corrected chi connectivity index (χ4v) is 12.2. The lowest BCUT2D eigenvalue weighted by Crippen LogP contribution is -2.31. The van der Waals surface area contributed by atoms with Crippen molar-refractivity contribution in [1.82, 2.24) is 0 Å². The van der Waals surface area contributed by atoms with Gasteiger partial charge >= 0.3 is 5.97 Å². The minimum atomic E-state index is -5.35. The van der Waals surface area contributed by atoms with Crippen LogP contribution in [0.4, 0.5) is 11.4 Å². The quantitative estimate of drug-likeness (QED) is 0.0521. The van der Waals surface area contributed by atoms with Crippen molar-refractivity contribution in [2.45, 2.75) is 90.2 Å². The Balaban J connectivity index is 1.50. The van der Waals surface area contributed by atoms with Crippen LogP contribution < -0.4 is 4.90 Å². The molecule has 388 valence electrons. The minimum absolute atomic E-state index is 0.0149. The smallest absolute Gasteiger partial charge is 0.303 e. The topological polar surface area (TPSA) is 309 Å². The van der Waals surface area contributed by atoms with Crippen LogP contribution in [0.2, 0.25) is 0 Å². The number of fused-ring (bicyclic) bond motifs is 6. The number of nitrogens with zero attached hydrogens (tertiary/aromatic N) is 2. The summed E-state index contributed by atoms with van der Waals surface area (Å²) in [6.45, 7) is 9.79. The van der Waals surface area contributed by atoms with Crippen LogP contribution in [0.1, 0.15) is 70.9 Å². The van der Waals surface area contributed by atoms with Gasteiger partial charge in [-0.2, -0.15) is 4.58 Å². The van der Waals surface area contributed by atoms with Gasteiger partial charge in [0, 0.05) is 66.6 Å². The lowest BCUT2D eigenvalue weighted by atomic mass is 9.76. The first-order valence-corrected chi connectivity index (χ1v) is 28.1. The fraction of sp³-hybridized carbons (Fsp3) is 0.447. The zero-order chi connectivity index (χ0) is 52.3. The van der Waals surface area contributed by atoms with Crippen molar-refractivity contribution < 1.29 is 85.3 Å². The van der Waals surface area contributed by atoms with Crippen molar-refractivity contribution >= 4 is 85.1 Å². The molecule has 0 radical (unpaired) electrons. The molecular weight excluding hydrogens is 1010 g/mol. The van der Waals surface area contributed by atoms with Gasteiger partial charge in [-0.3, -0.25) is 4.79 Å². The van der Waals surface area contributed by atoms with Crippen molar-refractivity contribution in [2.24, 2.45) is 0 Å². The third kappa shape index (κ3) is 12.1. The highest BCUT2D eigenvalue weighted by Gasteiger charge is 2.47. The Morgan fingerprint density at radius 3 is 1.70 bits per heavy atom. The van der Waals surface area contributed by atoms with Gasteiger partial charge in [-0.05, 0) is 111 Å². The first kappa shape index (κ1) is 55.6. The monoisotopic (exact) mass is 1060 g/mol. The molecular formula is C47H55N2O18S4-3. The molecule has 1 N–H and O–H groups in total. The Morgan fingerprint density at radius 1 is 0.676 bits per heavy atom. The number of unbranched alkanes of at least 4 members (excludes halogenated alkanes) is 2. The van der Waals surface area contributed by atoms with Crippen molar-refractivity contribution in [3.05, 3.63) is 83.6 Å². The molecule has 24 heteroatoms. The number of carbonyl (C=O) groups is 1. The van der Waals surface area contributed by atoms with Gasteiger partial charge in [-0.15, -0.1) is 0 Å². The number of methoxy groups -OCH3 is 1. The molecule has 0 bridgehead atoms. The first-order valence-electron chi connectivity index (χ1n) is 22.5. The van der Waals surface area contributed by atoms with E-state index in [-0.39, 0.29) is 60.8 Å². The van der Waals surface area contributed by atoms with E-state index in [0.29, 0.717) is 98.3 Å². The van der Waals surface area contributed by atoms with E-state index in [2.05, 4.69) is 0 Å². The van der Waals surface area contributed by atoms with E-state index in [1.807, 2.05) is 23.3 Å². The zero-order valence-corrected chi connectivity index (χ0v) is 42.9. The van der Waals surface area contributed by atoms with Crippen LogP contribution >= 0.6 is 0 Å². The molecule has 1 unspecified atom stereocenters. The predicted octanol–water partition coefficient (Wildman–Crippen LogP) is 4.95. The van der Waals surface area contributed by atoms with E-state index in [0.717, 1.165) is 12.1 Å². The molecule has 0 fully saturated rings. The van der Waals surface area contributed by atoms with Gasteiger partial charge < -0.3 is 47.2 Å². The summed E-state index contributed by atoms with van der Waals surface area (Å²) in [5.74, 6) is -0.967. The number of hydrogen-bond donors (Lipinski definition) is 1. The van der Waals surface area contributed by atoms with Gasteiger partial charge in [0.1, 0.15) is 47.0 Å². The number of benzene rings is 4. The standard InChI is InChI=1S/C47H58N2O18S4/c1-6-48-37-16-14-33-35(27-31(68(52,53)54)29-39(33)70(58,59)60)44(37)46(2,3)41(48)11-10-12-42-47(4,18-20-65-23-24-67-26-25-66-22-21-64-5)45-36-28-32(69(55,56)57)30-40(71(61,62)63)34(36)15-17-38(45)49(42)19-9-7-8-13-43(50)51/h10-12,14-17,27-30H,6-9,13,18-26H2,1-5H3,(H4-,50,51,52,53,54,55,56,57,58,59,60,61,62,63)/p-3. The second kappa shape index (κ2) is 21.8. The number of anilines is 1. The molecule has 0 aliphatic carbocycles. The highest BCUT2D eigenvalue weighted by atomic mass is 32.2. The lowest BCUT2D eigenvalue weighted by molar-refractivity contribution is -0.433. The number of aliphatic carboxylic acids is 1.